The van der Waals surface area contributed by atoms with Crippen LogP contribution in [-0.4, -0.2) is 71.3 Å². The van der Waals surface area contributed by atoms with Gasteiger partial charge in [0.15, 0.2) is 11.5 Å². The number of imidazole rings is 1. The number of nitrogens with one attached hydrogen (secondary N) is 1. The van der Waals surface area contributed by atoms with Crippen LogP contribution in [0.4, 0.5) is 11.5 Å². The fourth-order valence-electron chi connectivity index (χ4n) is 3.80. The van der Waals surface area contributed by atoms with Crippen molar-refractivity contribution in [2.75, 3.05) is 57.1 Å². The summed E-state index contributed by atoms with van der Waals surface area (Å²) in [5.74, 6) is 1.72. The van der Waals surface area contributed by atoms with Crippen LogP contribution in [0.25, 0.3) is 11.2 Å². The molecule has 1 aliphatic rings. The number of methoxy groups -OCH3 is 1. The molecule has 0 bridgehead atoms. The number of aryl methyl sites for hydroxylation is 1. The molecule has 3 heterocycles. The topological polar surface area (TPSA) is 71.3 Å². The third-order valence-electron chi connectivity index (χ3n) is 5.31. The monoisotopic (exact) mass is 381 g/mol. The third kappa shape index (κ3) is 3.73. The highest BCUT2D eigenvalue weighted by molar-refractivity contribution is 5.82. The third-order valence-corrected chi connectivity index (χ3v) is 5.31. The van der Waals surface area contributed by atoms with Crippen molar-refractivity contribution < 1.29 is 4.74 Å². The minimum atomic E-state index is 0.774. The molecule has 4 rings (SSSR count). The Hall–Kier alpha value is -2.87. The summed E-state index contributed by atoms with van der Waals surface area (Å²) in [4.78, 5) is 18.0. The predicted octanol–water partition coefficient (Wildman–Crippen LogP) is 2.09. The normalized spacial score (nSPS) is 15.1. The Morgan fingerprint density at radius 3 is 2.64 bits per heavy atom. The first-order valence-corrected chi connectivity index (χ1v) is 9.74. The van der Waals surface area contributed by atoms with Gasteiger partial charge >= 0.3 is 0 Å². The predicted molar refractivity (Wildman–Crippen MR) is 111 cm³/mol. The average Bonchev–Trinajstić information content (AvgIpc) is 3.17. The van der Waals surface area contributed by atoms with Gasteiger partial charge in [0.1, 0.15) is 17.6 Å². The van der Waals surface area contributed by atoms with Gasteiger partial charge in [0, 0.05) is 39.8 Å². The first-order valence-electron chi connectivity index (χ1n) is 9.74. The van der Waals surface area contributed by atoms with E-state index < -0.39 is 0 Å². The summed E-state index contributed by atoms with van der Waals surface area (Å²) < 4.78 is 7.62. The summed E-state index contributed by atoms with van der Waals surface area (Å²) >= 11 is 0. The molecule has 8 nitrogen and oxygen atoms in total. The van der Waals surface area contributed by atoms with E-state index in [2.05, 4.69) is 46.8 Å². The quantitative estimate of drug-likeness (QED) is 0.672. The number of benzene rings is 1. The number of fused-ring (bicyclic) bond motifs is 1. The second kappa shape index (κ2) is 8.43. The van der Waals surface area contributed by atoms with E-state index in [-0.39, 0.29) is 0 Å². The average molecular weight is 381 g/mol. The smallest absolute Gasteiger partial charge is 0.165 e. The maximum absolute atomic E-state index is 5.50. The number of para-hydroxylation sites is 2. The molecule has 1 fully saturated rings. The van der Waals surface area contributed by atoms with Gasteiger partial charge in [-0.1, -0.05) is 12.1 Å². The van der Waals surface area contributed by atoms with E-state index in [9.17, 15) is 0 Å². The molecule has 28 heavy (non-hydrogen) atoms. The van der Waals surface area contributed by atoms with Gasteiger partial charge in [-0.15, -0.1) is 0 Å². The van der Waals surface area contributed by atoms with Gasteiger partial charge in [0.2, 0.25) is 0 Å². The van der Waals surface area contributed by atoms with Gasteiger partial charge in [0.25, 0.3) is 0 Å². The zero-order chi connectivity index (χ0) is 19.3. The van der Waals surface area contributed by atoms with Crippen LogP contribution in [0.5, 0.6) is 5.75 Å². The van der Waals surface area contributed by atoms with E-state index >= 15 is 0 Å². The maximum Gasteiger partial charge on any atom is 0.165 e. The fourth-order valence-corrected chi connectivity index (χ4v) is 3.80. The molecule has 0 spiro atoms. The first kappa shape index (κ1) is 18.5. The molecule has 0 aliphatic carbocycles. The molecule has 0 unspecified atom stereocenters. The molecule has 1 aliphatic heterocycles. The number of anilines is 2. The van der Waals surface area contributed by atoms with Gasteiger partial charge in [-0.3, -0.25) is 4.90 Å². The van der Waals surface area contributed by atoms with Crippen molar-refractivity contribution in [2.24, 2.45) is 0 Å². The Morgan fingerprint density at radius 1 is 1.04 bits per heavy atom. The summed E-state index contributed by atoms with van der Waals surface area (Å²) in [6.07, 6.45) is 4.52. The number of ether oxygens (including phenoxy) is 1. The van der Waals surface area contributed by atoms with Crippen molar-refractivity contribution >= 4 is 22.7 Å². The highest BCUT2D eigenvalue weighted by Gasteiger charge is 2.19. The Bertz CT molecular complexity index is 918. The lowest BCUT2D eigenvalue weighted by Gasteiger charge is -2.36. The highest BCUT2D eigenvalue weighted by Crippen LogP contribution is 2.28. The molecular formula is C20H27N7O. The summed E-state index contributed by atoms with van der Waals surface area (Å²) in [5.41, 5.74) is 2.91. The van der Waals surface area contributed by atoms with Gasteiger partial charge in [-0.2, -0.15) is 0 Å². The minimum Gasteiger partial charge on any atom is -0.495 e. The van der Waals surface area contributed by atoms with E-state index in [4.69, 9.17) is 4.74 Å². The molecule has 1 saturated heterocycles. The van der Waals surface area contributed by atoms with Crippen LogP contribution in [0, 0.1) is 0 Å². The summed E-state index contributed by atoms with van der Waals surface area (Å²) in [5, 5.41) is 3.07. The molecule has 0 atom stereocenters. The second-order valence-corrected chi connectivity index (χ2v) is 6.94. The Labute approximate surface area is 165 Å². The van der Waals surface area contributed by atoms with Gasteiger partial charge in [-0.25, -0.2) is 15.0 Å². The molecule has 1 N–H and O–H groups in total. The van der Waals surface area contributed by atoms with Gasteiger partial charge in [-0.05, 0) is 25.1 Å². The summed E-state index contributed by atoms with van der Waals surface area (Å²) in [7, 11) is 3.59. The van der Waals surface area contributed by atoms with Crippen LogP contribution in [0.1, 0.15) is 6.42 Å². The molecule has 148 valence electrons. The Balaban J connectivity index is 1.29. The van der Waals surface area contributed by atoms with Crippen molar-refractivity contribution in [1.29, 1.82) is 0 Å². The number of aromatic nitrogens is 4. The van der Waals surface area contributed by atoms with Gasteiger partial charge in [0.05, 0.1) is 19.1 Å². The first-order chi connectivity index (χ1) is 13.8. The molecule has 0 saturated carbocycles. The van der Waals surface area contributed by atoms with Crippen molar-refractivity contribution in [3.8, 4) is 5.75 Å². The lowest BCUT2D eigenvalue weighted by molar-refractivity contribution is 0.250. The van der Waals surface area contributed by atoms with Crippen LogP contribution >= 0.6 is 0 Å². The number of hydrogen-bond donors (Lipinski definition) is 1. The summed E-state index contributed by atoms with van der Waals surface area (Å²) in [6, 6.07) is 8.26. The number of rotatable bonds is 7. The molecule has 0 radical (unpaired) electrons. The van der Waals surface area contributed by atoms with E-state index in [1.54, 1.807) is 13.4 Å². The highest BCUT2D eigenvalue weighted by atomic mass is 16.5. The molecule has 3 aromatic rings. The SMILES string of the molecule is CNc1ncnc2c1ncn2CCCN1CCN(c2ccccc2OC)CC1. The minimum absolute atomic E-state index is 0.774. The van der Waals surface area contributed by atoms with E-state index in [0.717, 1.165) is 68.4 Å². The number of nitrogens with zero attached hydrogens (tertiary/aromatic N) is 6. The van der Waals surface area contributed by atoms with Crippen molar-refractivity contribution in [3.05, 3.63) is 36.9 Å². The number of hydrogen-bond acceptors (Lipinski definition) is 7. The van der Waals surface area contributed by atoms with Crippen molar-refractivity contribution in [2.45, 2.75) is 13.0 Å². The molecule has 2 aromatic heterocycles. The maximum atomic E-state index is 5.50. The van der Waals surface area contributed by atoms with Crippen molar-refractivity contribution in [3.63, 3.8) is 0 Å². The molecule has 0 amide bonds. The van der Waals surface area contributed by atoms with E-state index in [1.807, 2.05) is 25.5 Å². The standard InChI is InChI=1S/C20H27N7O/c1-21-19-18-20(23-14-22-19)27(15-24-18)9-5-8-25-10-12-26(13-11-25)16-6-3-4-7-17(16)28-2/h3-4,6-7,14-15H,5,8-13H2,1-2H3,(H,21,22,23). The molecular weight excluding hydrogens is 354 g/mol. The summed E-state index contributed by atoms with van der Waals surface area (Å²) in [6.45, 7) is 6.15. The fraction of sp³-hybridized carbons (Fsp3) is 0.450. The van der Waals surface area contributed by atoms with Crippen LogP contribution in [0.3, 0.4) is 0 Å². The van der Waals surface area contributed by atoms with E-state index in [1.165, 1.54) is 5.69 Å². The Morgan fingerprint density at radius 2 is 1.86 bits per heavy atom. The van der Waals surface area contributed by atoms with Crippen molar-refractivity contribution in [1.82, 2.24) is 24.4 Å². The van der Waals surface area contributed by atoms with Crippen LogP contribution in [-0.2, 0) is 6.54 Å². The lowest BCUT2D eigenvalue weighted by atomic mass is 10.2. The van der Waals surface area contributed by atoms with Crippen LogP contribution in [0.15, 0.2) is 36.9 Å². The molecule has 1 aromatic carbocycles. The lowest BCUT2D eigenvalue weighted by Crippen LogP contribution is -2.46. The van der Waals surface area contributed by atoms with E-state index in [0.29, 0.717) is 0 Å². The van der Waals surface area contributed by atoms with Crippen LogP contribution in [0.2, 0.25) is 0 Å². The number of piperazine rings is 1. The van der Waals surface area contributed by atoms with Gasteiger partial charge < -0.3 is 19.5 Å². The van der Waals surface area contributed by atoms with Crippen LogP contribution < -0.4 is 15.0 Å². The zero-order valence-electron chi connectivity index (χ0n) is 16.5. The molecule has 8 heteroatoms. The Kier molecular flexibility index (Phi) is 5.57. The second-order valence-electron chi connectivity index (χ2n) is 6.94. The zero-order valence-corrected chi connectivity index (χ0v) is 16.5. The largest absolute Gasteiger partial charge is 0.495 e.